The van der Waals surface area contributed by atoms with E-state index in [0.29, 0.717) is 10.7 Å². The summed E-state index contributed by atoms with van der Waals surface area (Å²) >= 11 is 11.0. The number of amides is 2. The van der Waals surface area contributed by atoms with E-state index in [0.717, 1.165) is 5.56 Å². The molecule has 25 heavy (non-hydrogen) atoms. The van der Waals surface area contributed by atoms with Crippen molar-refractivity contribution in [2.75, 3.05) is 4.90 Å². The molecule has 126 valence electrons. The fourth-order valence-corrected chi connectivity index (χ4v) is 2.84. The maximum atomic E-state index is 12.8. The first-order valence-electron chi connectivity index (χ1n) is 7.33. The third kappa shape index (κ3) is 3.40. The second-order valence-electron chi connectivity index (χ2n) is 5.50. The van der Waals surface area contributed by atoms with Gasteiger partial charge in [0.1, 0.15) is 11.3 Å². The first-order valence-corrected chi connectivity index (χ1v) is 8.12. The summed E-state index contributed by atoms with van der Waals surface area (Å²) in [5.41, 5.74) is 1.69. The molecule has 1 aliphatic heterocycles. The minimum Gasteiger partial charge on any atom is -0.507 e. The van der Waals surface area contributed by atoms with Crippen LogP contribution in [-0.4, -0.2) is 22.0 Å². The number of nitrogens with zero attached hydrogens (tertiary/aromatic N) is 1. The number of hydrogen-bond acceptors (Lipinski definition) is 4. The highest BCUT2D eigenvalue weighted by molar-refractivity contribution is 7.80. The van der Waals surface area contributed by atoms with Crippen molar-refractivity contribution in [3.63, 3.8) is 0 Å². The quantitative estimate of drug-likeness (QED) is 0.482. The Morgan fingerprint density at radius 1 is 1.16 bits per heavy atom. The Labute approximate surface area is 154 Å². The molecule has 2 aromatic rings. The van der Waals surface area contributed by atoms with Crippen LogP contribution >= 0.6 is 23.8 Å². The molecule has 3 rings (SSSR count). The molecule has 7 heteroatoms. The van der Waals surface area contributed by atoms with Gasteiger partial charge in [0.05, 0.1) is 5.69 Å². The molecule has 1 aliphatic rings. The Morgan fingerprint density at radius 3 is 2.52 bits per heavy atom. The molecule has 1 heterocycles. The summed E-state index contributed by atoms with van der Waals surface area (Å²) in [4.78, 5) is 26.3. The molecule has 0 spiro atoms. The van der Waals surface area contributed by atoms with E-state index in [1.165, 1.54) is 29.2 Å². The number of nitrogens with one attached hydrogen (secondary N) is 1. The molecule has 0 aliphatic carbocycles. The number of aromatic hydroxyl groups is 1. The first-order chi connectivity index (χ1) is 11.9. The van der Waals surface area contributed by atoms with Gasteiger partial charge in [0.2, 0.25) is 0 Å². The summed E-state index contributed by atoms with van der Waals surface area (Å²) in [5, 5.41) is 12.8. The lowest BCUT2D eigenvalue weighted by atomic mass is 10.1. The van der Waals surface area contributed by atoms with Crippen molar-refractivity contribution in [3.8, 4) is 5.75 Å². The van der Waals surface area contributed by atoms with Crippen molar-refractivity contribution in [3.05, 3.63) is 64.2 Å². The van der Waals surface area contributed by atoms with E-state index in [1.807, 2.05) is 19.1 Å². The van der Waals surface area contributed by atoms with Crippen LogP contribution in [0, 0.1) is 6.92 Å². The smallest absolute Gasteiger partial charge is 0.270 e. The number of hydrogen-bond donors (Lipinski definition) is 2. The maximum absolute atomic E-state index is 12.8. The molecule has 2 aromatic carbocycles. The van der Waals surface area contributed by atoms with Gasteiger partial charge in [-0.25, -0.2) is 0 Å². The van der Waals surface area contributed by atoms with Crippen LogP contribution in [0.15, 0.2) is 48.0 Å². The molecule has 5 nitrogen and oxygen atoms in total. The predicted octanol–water partition coefficient (Wildman–Crippen LogP) is 3.19. The summed E-state index contributed by atoms with van der Waals surface area (Å²) in [5.74, 6) is -1.29. The first kappa shape index (κ1) is 17.1. The largest absolute Gasteiger partial charge is 0.507 e. The van der Waals surface area contributed by atoms with Crippen LogP contribution in [0.25, 0.3) is 6.08 Å². The Bertz CT molecular complexity index is 922. The number of thiocarbonyl (C=S) groups is 1. The Balaban J connectivity index is 2.05. The lowest BCUT2D eigenvalue weighted by Gasteiger charge is -2.29. The zero-order chi connectivity index (χ0) is 18.1. The average molecular weight is 373 g/mol. The van der Waals surface area contributed by atoms with Crippen molar-refractivity contribution in [2.45, 2.75) is 6.92 Å². The molecule has 0 aromatic heterocycles. The van der Waals surface area contributed by atoms with E-state index in [-0.39, 0.29) is 22.0 Å². The molecule has 0 saturated carbocycles. The molecule has 1 fully saturated rings. The number of aryl methyl sites for hydroxylation is 1. The van der Waals surface area contributed by atoms with Crippen LogP contribution in [0.1, 0.15) is 11.1 Å². The molecule has 1 saturated heterocycles. The van der Waals surface area contributed by atoms with Crippen LogP contribution in [0.5, 0.6) is 5.75 Å². The van der Waals surface area contributed by atoms with Gasteiger partial charge in [-0.1, -0.05) is 29.3 Å². The second-order valence-corrected chi connectivity index (χ2v) is 6.32. The Morgan fingerprint density at radius 2 is 1.84 bits per heavy atom. The molecule has 2 amide bonds. The highest BCUT2D eigenvalue weighted by Crippen LogP contribution is 2.27. The number of rotatable bonds is 2. The van der Waals surface area contributed by atoms with E-state index < -0.39 is 11.8 Å². The summed E-state index contributed by atoms with van der Waals surface area (Å²) in [6, 6.07) is 11.5. The predicted molar refractivity (Wildman–Crippen MR) is 100 cm³/mol. The number of phenolic OH excluding ortho intramolecular Hbond substituents is 1. The average Bonchev–Trinajstić information content (AvgIpc) is 2.56. The monoisotopic (exact) mass is 372 g/mol. The summed E-state index contributed by atoms with van der Waals surface area (Å²) in [6.07, 6.45) is 1.29. The van der Waals surface area contributed by atoms with Gasteiger partial charge in [-0.3, -0.25) is 19.8 Å². The van der Waals surface area contributed by atoms with Gasteiger partial charge in [0.25, 0.3) is 11.8 Å². The standard InChI is InChI=1S/C18H13ClN2O3S/c1-10-2-5-13(6-3-10)21-17(24)14(16(23)20-18(21)25)9-11-8-12(19)4-7-15(11)22/h2-9,22H,1H3,(H,20,23,25)/b14-9+. The highest BCUT2D eigenvalue weighted by Gasteiger charge is 2.34. The molecule has 0 bridgehead atoms. The van der Waals surface area contributed by atoms with Crippen LogP contribution in [0.2, 0.25) is 5.02 Å². The number of phenols is 1. The Hall–Kier alpha value is -2.70. The third-order valence-electron chi connectivity index (χ3n) is 3.68. The van der Waals surface area contributed by atoms with Crippen molar-refractivity contribution in [1.29, 1.82) is 0 Å². The van der Waals surface area contributed by atoms with Gasteiger partial charge in [-0.15, -0.1) is 0 Å². The highest BCUT2D eigenvalue weighted by atomic mass is 35.5. The van der Waals surface area contributed by atoms with Crippen LogP contribution < -0.4 is 10.2 Å². The van der Waals surface area contributed by atoms with Crippen molar-refractivity contribution >= 4 is 52.5 Å². The lowest BCUT2D eigenvalue weighted by Crippen LogP contribution is -2.54. The molecule has 2 N–H and O–H groups in total. The van der Waals surface area contributed by atoms with E-state index in [9.17, 15) is 14.7 Å². The van der Waals surface area contributed by atoms with Gasteiger partial charge < -0.3 is 5.11 Å². The van der Waals surface area contributed by atoms with Crippen molar-refractivity contribution < 1.29 is 14.7 Å². The molecular formula is C18H13ClN2O3S. The summed E-state index contributed by atoms with van der Waals surface area (Å²) in [6.45, 7) is 1.93. The molecule has 0 atom stereocenters. The number of carbonyl (C=O) groups excluding carboxylic acids is 2. The lowest BCUT2D eigenvalue weighted by molar-refractivity contribution is -0.122. The summed E-state index contributed by atoms with van der Waals surface area (Å²) < 4.78 is 0. The van der Waals surface area contributed by atoms with Crippen LogP contribution in [-0.2, 0) is 9.59 Å². The minimum absolute atomic E-state index is 0.00585. The Kier molecular flexibility index (Phi) is 4.57. The number of benzene rings is 2. The fraction of sp³-hybridized carbons (Fsp3) is 0.0556. The third-order valence-corrected chi connectivity index (χ3v) is 4.20. The zero-order valence-corrected chi connectivity index (χ0v) is 14.7. The van der Waals surface area contributed by atoms with E-state index in [4.69, 9.17) is 23.8 Å². The second kappa shape index (κ2) is 6.66. The minimum atomic E-state index is -0.627. The molecular weight excluding hydrogens is 360 g/mol. The fourth-order valence-electron chi connectivity index (χ4n) is 2.38. The SMILES string of the molecule is Cc1ccc(N2C(=O)/C(=C/c3cc(Cl)ccc3O)C(=O)NC2=S)cc1. The van der Waals surface area contributed by atoms with E-state index in [2.05, 4.69) is 5.32 Å². The maximum Gasteiger partial charge on any atom is 0.270 e. The summed E-state index contributed by atoms with van der Waals surface area (Å²) in [7, 11) is 0. The normalized spacial score (nSPS) is 16.3. The van der Waals surface area contributed by atoms with Crippen LogP contribution in [0.3, 0.4) is 0 Å². The van der Waals surface area contributed by atoms with Gasteiger partial charge in [-0.2, -0.15) is 0 Å². The molecule has 0 unspecified atom stereocenters. The molecule has 0 radical (unpaired) electrons. The zero-order valence-electron chi connectivity index (χ0n) is 13.1. The van der Waals surface area contributed by atoms with Crippen molar-refractivity contribution in [1.82, 2.24) is 5.32 Å². The topological polar surface area (TPSA) is 69.6 Å². The van der Waals surface area contributed by atoms with Gasteiger partial charge in [0.15, 0.2) is 5.11 Å². The number of carbonyl (C=O) groups is 2. The van der Waals surface area contributed by atoms with Gasteiger partial charge in [-0.05, 0) is 55.5 Å². The van der Waals surface area contributed by atoms with E-state index in [1.54, 1.807) is 12.1 Å². The number of anilines is 1. The van der Waals surface area contributed by atoms with Crippen LogP contribution in [0.4, 0.5) is 5.69 Å². The van der Waals surface area contributed by atoms with Crippen molar-refractivity contribution in [2.24, 2.45) is 0 Å². The van der Waals surface area contributed by atoms with E-state index >= 15 is 0 Å². The van der Waals surface area contributed by atoms with Gasteiger partial charge >= 0.3 is 0 Å². The van der Waals surface area contributed by atoms with Gasteiger partial charge in [0, 0.05) is 10.6 Å². The number of halogens is 1.